The number of ether oxygens (including phenoxy) is 1. The summed E-state index contributed by atoms with van der Waals surface area (Å²) in [5.74, 6) is -0.324. The van der Waals surface area contributed by atoms with Crippen molar-refractivity contribution >= 4 is 24.4 Å². The summed E-state index contributed by atoms with van der Waals surface area (Å²) in [7, 11) is -1.70. The van der Waals surface area contributed by atoms with E-state index in [2.05, 4.69) is 0 Å². The predicted molar refractivity (Wildman–Crippen MR) is 75.5 cm³/mol. The second kappa shape index (κ2) is 8.36. The van der Waals surface area contributed by atoms with E-state index in [0.717, 1.165) is 13.1 Å². The molecule has 3 nitrogen and oxygen atoms in total. The molecule has 0 bridgehead atoms. The van der Waals surface area contributed by atoms with Crippen LogP contribution in [0.25, 0.3) is 0 Å². The van der Waals surface area contributed by atoms with Crippen LogP contribution in [-0.2, 0) is 9.53 Å². The predicted octanol–water partition coefficient (Wildman–Crippen LogP) is 2.92. The van der Waals surface area contributed by atoms with Gasteiger partial charge in [-0.15, -0.1) is 0 Å². The van der Waals surface area contributed by atoms with Crippen molar-refractivity contribution in [2.45, 2.75) is 26.9 Å². The van der Waals surface area contributed by atoms with Crippen LogP contribution in [0.3, 0.4) is 0 Å². The molecular weight excluding hydrogens is 254 g/mol. The molecule has 0 atom stereocenters. The summed E-state index contributed by atoms with van der Waals surface area (Å²) >= 11 is 6.08. The van der Waals surface area contributed by atoms with Crippen LogP contribution in [0.2, 0.25) is 13.1 Å². The second-order valence-electron chi connectivity index (χ2n) is 4.13. The van der Waals surface area contributed by atoms with Crippen LogP contribution < -0.4 is 0 Å². The van der Waals surface area contributed by atoms with Crippen molar-refractivity contribution in [3.63, 3.8) is 0 Å². The molecule has 0 aromatic carbocycles. The normalized spacial score (nSPS) is 12.3. The van der Waals surface area contributed by atoms with Gasteiger partial charge in [0, 0.05) is 25.4 Å². The van der Waals surface area contributed by atoms with Gasteiger partial charge in [0.05, 0.1) is 0 Å². The first kappa shape index (κ1) is 16.3. The third-order valence-electron chi connectivity index (χ3n) is 2.07. The van der Waals surface area contributed by atoms with Crippen LogP contribution in [0.1, 0.15) is 13.8 Å². The van der Waals surface area contributed by atoms with Gasteiger partial charge in [-0.2, -0.15) is 11.1 Å². The highest BCUT2D eigenvalue weighted by atomic mass is 35.6. The summed E-state index contributed by atoms with van der Waals surface area (Å²) in [4.78, 5) is 13.3. The smallest absolute Gasteiger partial charge is 0.332 e. The zero-order valence-corrected chi connectivity index (χ0v) is 12.8. The highest BCUT2D eigenvalue weighted by Crippen LogP contribution is 2.08. The number of hydrogen-bond donors (Lipinski definition) is 0. The van der Waals surface area contributed by atoms with Crippen LogP contribution >= 0.6 is 11.1 Å². The summed E-state index contributed by atoms with van der Waals surface area (Å²) in [6.45, 7) is 10.1. The van der Waals surface area contributed by atoms with Crippen molar-refractivity contribution in [3.05, 3.63) is 24.1 Å². The number of halogens is 1. The van der Waals surface area contributed by atoms with Crippen molar-refractivity contribution in [2.24, 2.45) is 0 Å². The highest BCUT2D eigenvalue weighted by Gasteiger charge is 2.10. The topological polar surface area (TPSA) is 29.5 Å². The zero-order chi connectivity index (χ0) is 13.3. The molecule has 0 spiro atoms. The van der Waals surface area contributed by atoms with E-state index in [0.29, 0.717) is 0 Å². The number of hydrogen-bond acceptors (Lipinski definition) is 3. The molecule has 98 valence electrons. The molecule has 0 fully saturated rings. The second-order valence-corrected chi connectivity index (χ2v) is 10.5. The van der Waals surface area contributed by atoms with Gasteiger partial charge in [-0.3, -0.25) is 0 Å². The molecule has 0 rings (SSSR count). The number of rotatable bonds is 7. The first-order chi connectivity index (χ1) is 7.89. The number of carbonyl (C=O) groups excluding carboxylic acids is 1. The van der Waals surface area contributed by atoms with Gasteiger partial charge in [0.25, 0.3) is 0 Å². The first-order valence-corrected chi connectivity index (χ1v) is 9.93. The van der Waals surface area contributed by atoms with Crippen molar-refractivity contribution in [3.8, 4) is 0 Å². The van der Waals surface area contributed by atoms with Gasteiger partial charge in [0.1, 0.15) is 6.61 Å². The average molecular weight is 276 g/mol. The molecule has 0 heterocycles. The largest absolute Gasteiger partial charge is 0.458 e. The lowest BCUT2D eigenvalue weighted by Crippen LogP contribution is -2.16. The molecule has 0 aliphatic rings. The summed E-state index contributed by atoms with van der Waals surface area (Å²) in [6.07, 6.45) is 5.01. The molecule has 5 heteroatoms. The Morgan fingerprint density at radius 2 is 1.94 bits per heavy atom. The molecule has 0 saturated heterocycles. The Balaban J connectivity index is 3.92. The van der Waals surface area contributed by atoms with E-state index in [4.69, 9.17) is 15.8 Å². The van der Waals surface area contributed by atoms with Crippen LogP contribution in [-0.4, -0.2) is 37.9 Å². The minimum atomic E-state index is -1.70. The molecule has 0 aromatic rings. The fourth-order valence-corrected chi connectivity index (χ4v) is 2.03. The maximum absolute atomic E-state index is 11.3. The zero-order valence-electron chi connectivity index (χ0n) is 11.1. The summed E-state index contributed by atoms with van der Waals surface area (Å²) in [6, 6.07) is 0. The maximum atomic E-state index is 11.3. The van der Waals surface area contributed by atoms with Crippen LogP contribution in [0.15, 0.2) is 24.1 Å². The van der Waals surface area contributed by atoms with Crippen LogP contribution in [0, 0.1) is 0 Å². The van der Waals surface area contributed by atoms with Crippen molar-refractivity contribution < 1.29 is 9.53 Å². The highest BCUT2D eigenvalue weighted by molar-refractivity contribution is 7.21. The quantitative estimate of drug-likeness (QED) is 0.310. The van der Waals surface area contributed by atoms with E-state index in [1.807, 2.05) is 43.6 Å². The summed E-state index contributed by atoms with van der Waals surface area (Å²) in [5.41, 5.74) is 1.94. The van der Waals surface area contributed by atoms with Gasteiger partial charge in [-0.05, 0) is 13.8 Å². The number of carbonyl (C=O) groups is 1. The fourth-order valence-electron chi connectivity index (χ4n) is 1.11. The molecule has 0 unspecified atom stereocenters. The fraction of sp³-hybridized carbons (Fsp3) is 0.583. The van der Waals surface area contributed by atoms with Gasteiger partial charge >= 0.3 is 5.97 Å². The summed E-state index contributed by atoms with van der Waals surface area (Å²) < 4.78 is 5.00. The van der Waals surface area contributed by atoms with E-state index in [1.54, 1.807) is 6.20 Å². The molecule has 0 amide bonds. The molecule has 0 radical (unpaired) electrons. The van der Waals surface area contributed by atoms with Gasteiger partial charge in [0.15, 0.2) is 7.38 Å². The first-order valence-electron chi connectivity index (χ1n) is 5.84. The van der Waals surface area contributed by atoms with Gasteiger partial charge in [0.2, 0.25) is 0 Å². The Kier molecular flexibility index (Phi) is 8.00. The van der Waals surface area contributed by atoms with Crippen molar-refractivity contribution in [2.75, 3.05) is 19.7 Å². The Hall–Kier alpha value is -0.743. The average Bonchev–Trinajstić information content (AvgIpc) is 2.24. The maximum Gasteiger partial charge on any atom is 0.332 e. The van der Waals surface area contributed by atoms with Crippen molar-refractivity contribution in [1.82, 2.24) is 4.90 Å². The third-order valence-corrected chi connectivity index (χ3v) is 3.48. The van der Waals surface area contributed by atoms with Crippen molar-refractivity contribution in [1.29, 1.82) is 0 Å². The molecule has 0 aromatic heterocycles. The molecule has 0 N–H and O–H groups in total. The van der Waals surface area contributed by atoms with E-state index < -0.39 is 7.38 Å². The molecule has 0 saturated carbocycles. The Morgan fingerprint density at radius 1 is 1.35 bits per heavy atom. The minimum absolute atomic E-state index is 0.282. The lowest BCUT2D eigenvalue weighted by Gasteiger charge is -2.14. The lowest BCUT2D eigenvalue weighted by atomic mass is 10.5. The third kappa shape index (κ3) is 10.1. The van der Waals surface area contributed by atoms with E-state index in [9.17, 15) is 4.79 Å². The van der Waals surface area contributed by atoms with E-state index in [1.165, 1.54) is 6.08 Å². The van der Waals surface area contributed by atoms with E-state index >= 15 is 0 Å². The number of esters is 1. The molecule has 0 aliphatic carbocycles. The molecule has 17 heavy (non-hydrogen) atoms. The minimum Gasteiger partial charge on any atom is -0.458 e. The van der Waals surface area contributed by atoms with E-state index in [-0.39, 0.29) is 12.6 Å². The molecular formula is C12H22ClNO2Si. The Labute approximate surface area is 110 Å². The SMILES string of the molecule is CCN(C=CC(=O)OCC=C[Si](C)(C)Cl)CC. The number of nitrogens with zero attached hydrogens (tertiary/aromatic N) is 1. The van der Waals surface area contributed by atoms with Crippen LogP contribution in [0.5, 0.6) is 0 Å². The van der Waals surface area contributed by atoms with Gasteiger partial charge < -0.3 is 9.64 Å². The molecule has 0 aliphatic heterocycles. The monoisotopic (exact) mass is 275 g/mol. The summed E-state index contributed by atoms with van der Waals surface area (Å²) in [5, 5.41) is 0. The lowest BCUT2D eigenvalue weighted by molar-refractivity contribution is -0.136. The standard InChI is InChI=1S/C12H22ClNO2Si/c1-5-14(6-2)9-8-12(15)16-10-7-11-17(3,4)13/h7-9,11H,5-6,10H2,1-4H3. The van der Waals surface area contributed by atoms with Crippen LogP contribution in [0.4, 0.5) is 0 Å². The Morgan fingerprint density at radius 3 is 2.41 bits per heavy atom. The Bertz CT molecular complexity index is 281. The van der Waals surface area contributed by atoms with Gasteiger partial charge in [-0.25, -0.2) is 4.79 Å². The van der Waals surface area contributed by atoms with Gasteiger partial charge in [-0.1, -0.05) is 24.9 Å².